The number of allylic oxidation sites excluding steroid dienone is 1. The second-order valence-electron chi connectivity index (χ2n) is 11.8. The molecular formula is C31H38N8O3. The minimum Gasteiger partial charge on any atom is -0.384 e. The molecule has 11 heteroatoms. The number of hydrogen-bond acceptors (Lipinski definition) is 9. The molecule has 3 aromatic heterocycles. The molecule has 5 heterocycles. The molecule has 2 N–H and O–H groups in total. The van der Waals surface area contributed by atoms with E-state index in [9.17, 15) is 9.90 Å². The van der Waals surface area contributed by atoms with Crippen LogP contribution in [0, 0.1) is 0 Å². The maximum Gasteiger partial charge on any atom is 0.278 e. The molecule has 6 rings (SSSR count). The molecule has 0 atom stereocenters. The number of ether oxygens (including phenoxy) is 1. The Kier molecular flexibility index (Phi) is 7.34. The number of aliphatic hydroxyl groups is 1. The van der Waals surface area contributed by atoms with Gasteiger partial charge in [0.05, 0.1) is 24.4 Å². The summed E-state index contributed by atoms with van der Waals surface area (Å²) in [6.45, 7) is 12.0. The number of aromatic nitrogens is 5. The number of likely N-dealkylation sites (tertiary alicyclic amines) is 1. The van der Waals surface area contributed by atoms with Crippen LogP contribution in [0.1, 0.15) is 32.4 Å². The van der Waals surface area contributed by atoms with Crippen LogP contribution in [0.2, 0.25) is 0 Å². The van der Waals surface area contributed by atoms with Crippen molar-refractivity contribution in [3.8, 4) is 5.82 Å². The minimum absolute atomic E-state index is 0.0654. The summed E-state index contributed by atoms with van der Waals surface area (Å²) in [6, 6.07) is 13.6. The largest absolute Gasteiger partial charge is 0.384 e. The van der Waals surface area contributed by atoms with Crippen molar-refractivity contribution in [2.45, 2.75) is 44.4 Å². The van der Waals surface area contributed by atoms with E-state index in [1.807, 2.05) is 12.1 Å². The summed E-state index contributed by atoms with van der Waals surface area (Å²) in [6.07, 6.45) is 5.28. The number of nitrogens with one attached hydrogen (secondary N) is 1. The number of nitrogens with zero attached hydrogens (tertiary/aromatic N) is 7. The van der Waals surface area contributed by atoms with E-state index in [1.165, 1.54) is 10.9 Å². The van der Waals surface area contributed by atoms with Crippen LogP contribution in [0.15, 0.2) is 66.1 Å². The summed E-state index contributed by atoms with van der Waals surface area (Å²) in [7, 11) is 2.17. The molecule has 11 nitrogen and oxygen atoms in total. The van der Waals surface area contributed by atoms with Crippen LogP contribution in [-0.2, 0) is 16.9 Å². The van der Waals surface area contributed by atoms with Crippen LogP contribution < -0.4 is 15.8 Å². The predicted octanol–water partition coefficient (Wildman–Crippen LogP) is 3.44. The van der Waals surface area contributed by atoms with Gasteiger partial charge in [-0.05, 0) is 70.1 Å². The van der Waals surface area contributed by atoms with Gasteiger partial charge in [-0.15, -0.1) is 6.58 Å². The van der Waals surface area contributed by atoms with Crippen LogP contribution in [0.25, 0.3) is 16.9 Å². The molecule has 2 aliphatic rings. The molecular weight excluding hydrogens is 532 g/mol. The predicted molar refractivity (Wildman–Crippen MR) is 164 cm³/mol. The molecule has 4 aromatic rings. The highest BCUT2D eigenvalue weighted by Crippen LogP contribution is 2.32. The molecule has 2 saturated heterocycles. The lowest BCUT2D eigenvalue weighted by molar-refractivity contribution is -0.0883. The van der Waals surface area contributed by atoms with Gasteiger partial charge in [-0.3, -0.25) is 4.79 Å². The number of fused-ring (bicyclic) bond motifs is 1. The molecule has 0 bridgehead atoms. The van der Waals surface area contributed by atoms with Crippen molar-refractivity contribution in [3.63, 3.8) is 0 Å². The van der Waals surface area contributed by atoms with E-state index in [-0.39, 0.29) is 17.7 Å². The summed E-state index contributed by atoms with van der Waals surface area (Å²) in [5, 5.41) is 14.2. The first kappa shape index (κ1) is 28.1. The van der Waals surface area contributed by atoms with Crippen LogP contribution in [0.4, 0.5) is 17.3 Å². The fourth-order valence-corrected chi connectivity index (χ4v) is 5.77. The number of piperidine rings is 1. The number of morpholine rings is 1. The Balaban J connectivity index is 1.27. The van der Waals surface area contributed by atoms with Crippen LogP contribution >= 0.6 is 0 Å². The zero-order valence-corrected chi connectivity index (χ0v) is 24.5. The van der Waals surface area contributed by atoms with Crippen molar-refractivity contribution in [2.24, 2.45) is 0 Å². The van der Waals surface area contributed by atoms with Gasteiger partial charge in [-0.2, -0.15) is 4.98 Å². The van der Waals surface area contributed by atoms with Crippen molar-refractivity contribution >= 4 is 28.4 Å². The average Bonchev–Trinajstić information content (AvgIpc) is 3.25. The van der Waals surface area contributed by atoms with E-state index in [4.69, 9.17) is 9.72 Å². The molecule has 220 valence electrons. The second-order valence-corrected chi connectivity index (χ2v) is 11.8. The van der Waals surface area contributed by atoms with Crippen molar-refractivity contribution in [2.75, 3.05) is 50.1 Å². The highest BCUT2D eigenvalue weighted by atomic mass is 16.5. The van der Waals surface area contributed by atoms with Crippen molar-refractivity contribution < 1.29 is 9.84 Å². The number of rotatable bonds is 7. The highest BCUT2D eigenvalue weighted by molar-refractivity contribution is 5.77. The van der Waals surface area contributed by atoms with E-state index in [1.54, 1.807) is 42.8 Å². The fraction of sp³-hybridized carbons (Fsp3) is 0.419. The molecule has 0 amide bonds. The molecule has 1 aromatic carbocycles. The fourth-order valence-electron chi connectivity index (χ4n) is 5.77. The van der Waals surface area contributed by atoms with Crippen molar-refractivity contribution in [1.29, 1.82) is 0 Å². The van der Waals surface area contributed by atoms with Crippen LogP contribution in [-0.4, -0.2) is 79.8 Å². The summed E-state index contributed by atoms with van der Waals surface area (Å²) in [4.78, 5) is 31.9. The van der Waals surface area contributed by atoms with E-state index in [0.29, 0.717) is 28.5 Å². The Morgan fingerprint density at radius 1 is 1.12 bits per heavy atom. The van der Waals surface area contributed by atoms with Crippen LogP contribution in [0.5, 0.6) is 0 Å². The van der Waals surface area contributed by atoms with E-state index < -0.39 is 5.60 Å². The van der Waals surface area contributed by atoms with Crippen molar-refractivity contribution in [3.05, 3.63) is 77.4 Å². The van der Waals surface area contributed by atoms with Crippen molar-refractivity contribution in [1.82, 2.24) is 29.2 Å². The smallest absolute Gasteiger partial charge is 0.278 e. The SMILES string of the molecule is C=CCn1c(=O)c2cnc(Nc3ccc(N4CCOC5(CCN(C)CC5)C4)cc3)nc2n1-c1cccc(C(C)(C)O)n1. The van der Waals surface area contributed by atoms with E-state index in [0.717, 1.165) is 57.0 Å². The summed E-state index contributed by atoms with van der Waals surface area (Å²) in [5.74, 6) is 0.820. The maximum atomic E-state index is 13.3. The zero-order chi connectivity index (χ0) is 29.5. The number of benzene rings is 1. The number of pyridine rings is 1. The first-order chi connectivity index (χ1) is 20.2. The Morgan fingerprint density at radius 3 is 2.60 bits per heavy atom. The summed E-state index contributed by atoms with van der Waals surface area (Å²) in [5.41, 5.74) is 1.43. The second kappa shape index (κ2) is 11.0. The first-order valence-corrected chi connectivity index (χ1v) is 14.4. The van der Waals surface area contributed by atoms with Gasteiger partial charge >= 0.3 is 0 Å². The third-order valence-corrected chi connectivity index (χ3v) is 8.19. The minimum atomic E-state index is -1.15. The molecule has 0 aliphatic carbocycles. The normalized spacial score (nSPS) is 17.6. The average molecular weight is 571 g/mol. The third kappa shape index (κ3) is 5.42. The zero-order valence-electron chi connectivity index (χ0n) is 24.5. The highest BCUT2D eigenvalue weighted by Gasteiger charge is 2.39. The number of hydrogen-bond donors (Lipinski definition) is 2. The summed E-state index contributed by atoms with van der Waals surface area (Å²) >= 11 is 0. The monoisotopic (exact) mass is 570 g/mol. The molecule has 0 unspecified atom stereocenters. The standard InChI is InChI=1S/C31H38N8O3/c1-5-15-38-28(40)24-20-32-29(35-27(24)39(38)26-8-6-7-25(34-26)30(2,3)41)33-22-9-11-23(12-10-22)37-18-19-42-31(21-37)13-16-36(4)17-14-31/h5-12,20,41H,1,13-19,21H2,2-4H3,(H,32,33,35). The topological polar surface area (TPSA) is 114 Å². The van der Waals surface area contributed by atoms with E-state index in [2.05, 4.69) is 50.8 Å². The van der Waals surface area contributed by atoms with Gasteiger partial charge in [0.1, 0.15) is 11.0 Å². The molecule has 2 fully saturated rings. The maximum absolute atomic E-state index is 13.3. The lowest BCUT2D eigenvalue weighted by Crippen LogP contribution is -2.56. The Bertz CT molecular complexity index is 1650. The van der Waals surface area contributed by atoms with Gasteiger partial charge in [0.25, 0.3) is 5.56 Å². The molecule has 1 spiro atoms. The lowest BCUT2D eigenvalue weighted by atomic mass is 9.89. The Labute approximate surface area is 245 Å². The molecule has 0 saturated carbocycles. The summed E-state index contributed by atoms with van der Waals surface area (Å²) < 4.78 is 9.46. The Morgan fingerprint density at radius 2 is 1.88 bits per heavy atom. The number of anilines is 3. The van der Waals surface area contributed by atoms with Gasteiger partial charge in [0, 0.05) is 43.8 Å². The van der Waals surface area contributed by atoms with Gasteiger partial charge in [0.2, 0.25) is 5.95 Å². The molecule has 2 aliphatic heterocycles. The van der Waals surface area contributed by atoms with Gasteiger partial charge in [-0.25, -0.2) is 19.3 Å². The Hall–Kier alpha value is -4.06. The van der Waals surface area contributed by atoms with Gasteiger partial charge in [-0.1, -0.05) is 12.1 Å². The van der Waals surface area contributed by atoms with Gasteiger partial charge < -0.3 is 25.0 Å². The van der Waals surface area contributed by atoms with Gasteiger partial charge in [0.15, 0.2) is 11.5 Å². The molecule has 0 radical (unpaired) electrons. The quantitative estimate of drug-likeness (QED) is 0.323. The lowest BCUT2D eigenvalue weighted by Gasteiger charge is -2.47. The third-order valence-electron chi connectivity index (χ3n) is 8.19. The van der Waals surface area contributed by atoms with Crippen LogP contribution in [0.3, 0.4) is 0 Å². The van der Waals surface area contributed by atoms with E-state index >= 15 is 0 Å². The first-order valence-electron chi connectivity index (χ1n) is 14.4. The molecule has 42 heavy (non-hydrogen) atoms.